The highest BCUT2D eigenvalue weighted by molar-refractivity contribution is 5.95. The van der Waals surface area contributed by atoms with E-state index < -0.39 is 35.0 Å². The summed E-state index contributed by atoms with van der Waals surface area (Å²) in [6.07, 6.45) is -0.382. The van der Waals surface area contributed by atoms with Crippen LogP contribution in [0, 0.1) is 12.3 Å². The van der Waals surface area contributed by atoms with Gasteiger partial charge in [-0.15, -0.1) is 5.10 Å². The predicted molar refractivity (Wildman–Crippen MR) is 171 cm³/mol. The van der Waals surface area contributed by atoms with Gasteiger partial charge in [0.05, 0.1) is 30.0 Å². The summed E-state index contributed by atoms with van der Waals surface area (Å²) in [4.78, 5) is 56.7. The smallest absolute Gasteiger partial charge is 0.394 e. The van der Waals surface area contributed by atoms with Crippen LogP contribution in [0.5, 0.6) is 5.75 Å². The summed E-state index contributed by atoms with van der Waals surface area (Å²) in [7, 11) is 0. The molecule has 3 aromatic heterocycles. The van der Waals surface area contributed by atoms with Crippen molar-refractivity contribution in [2.75, 3.05) is 44.3 Å². The lowest BCUT2D eigenvalue weighted by molar-refractivity contribution is -0.259. The molecule has 3 aliphatic rings. The van der Waals surface area contributed by atoms with Crippen LogP contribution < -0.4 is 15.8 Å². The number of nitrogens with zero attached hydrogens (tertiary/aromatic N) is 8. The van der Waals surface area contributed by atoms with Gasteiger partial charge in [0.15, 0.2) is 17.3 Å². The van der Waals surface area contributed by atoms with Crippen molar-refractivity contribution < 1.29 is 32.6 Å². The second-order valence-electron chi connectivity index (χ2n) is 12.9. The van der Waals surface area contributed by atoms with Crippen LogP contribution in [-0.4, -0.2) is 103 Å². The summed E-state index contributed by atoms with van der Waals surface area (Å²) >= 11 is 0. The fourth-order valence-electron chi connectivity index (χ4n) is 7.16. The Bertz CT molecular complexity index is 1840. The molecule has 2 N–H and O–H groups in total. The number of halogens is 3. The van der Waals surface area contributed by atoms with Gasteiger partial charge in [-0.3, -0.25) is 14.4 Å². The molecule has 14 nitrogen and oxygen atoms in total. The fraction of sp³-hybridized carbons (Fsp3) is 0.594. The van der Waals surface area contributed by atoms with Crippen LogP contribution in [0.4, 0.5) is 18.9 Å². The van der Waals surface area contributed by atoms with E-state index in [9.17, 15) is 32.7 Å². The average Bonchev–Trinajstić information content (AvgIpc) is 3.52. The van der Waals surface area contributed by atoms with Gasteiger partial charge in [0, 0.05) is 32.2 Å². The molecular formula is C32H40F3N9O5. The van der Waals surface area contributed by atoms with E-state index in [2.05, 4.69) is 25.4 Å². The molecule has 1 saturated carbocycles. The normalized spacial score (nSPS) is 21.4. The number of carbonyl (C=O) groups excluding carboxylic acids is 2. The molecule has 0 spiro atoms. The van der Waals surface area contributed by atoms with E-state index in [1.165, 1.54) is 15.7 Å². The number of ether oxygens (including phenoxy) is 1. The van der Waals surface area contributed by atoms with Gasteiger partial charge < -0.3 is 29.5 Å². The molecule has 6 rings (SSSR count). The summed E-state index contributed by atoms with van der Waals surface area (Å²) in [5.41, 5.74) is -0.432. The predicted octanol–water partition coefficient (Wildman–Crippen LogP) is 2.65. The maximum Gasteiger partial charge on any atom is 0.394 e. The SMILES string of the molecule is CCCC1(C(F)(F)F)CC(NC(=O)Cn2c(CC)c(N3CCN(C(=O)c4ncnc(C)c4O)CC3)c(=O)n3nc(C4=CCOCC4)nc23)C1. The molecule has 0 atom stereocenters. The number of aromatic nitrogens is 6. The van der Waals surface area contributed by atoms with Gasteiger partial charge in [0.25, 0.3) is 11.5 Å². The Balaban J connectivity index is 1.30. The maximum absolute atomic E-state index is 14.1. The molecule has 5 heterocycles. The largest absolute Gasteiger partial charge is 0.504 e. The van der Waals surface area contributed by atoms with Crippen LogP contribution in [0.1, 0.15) is 73.7 Å². The Labute approximate surface area is 280 Å². The number of nitrogens with one attached hydrogen (secondary N) is 1. The lowest BCUT2D eigenvalue weighted by Crippen LogP contribution is -2.57. The van der Waals surface area contributed by atoms with Gasteiger partial charge in [-0.1, -0.05) is 26.3 Å². The quantitative estimate of drug-likeness (QED) is 0.343. The van der Waals surface area contributed by atoms with Crippen LogP contribution in [-0.2, 0) is 22.5 Å². The molecule has 1 saturated heterocycles. The first-order chi connectivity index (χ1) is 23.4. The van der Waals surface area contributed by atoms with Gasteiger partial charge in [-0.2, -0.15) is 22.7 Å². The molecular weight excluding hydrogens is 647 g/mol. The van der Waals surface area contributed by atoms with E-state index in [0.29, 0.717) is 49.7 Å². The zero-order chi connectivity index (χ0) is 35.1. The third-order valence-corrected chi connectivity index (χ3v) is 9.77. The van der Waals surface area contributed by atoms with Crippen molar-refractivity contribution in [1.82, 2.24) is 39.3 Å². The van der Waals surface area contributed by atoms with Crippen LogP contribution >= 0.6 is 0 Å². The number of hydrogen-bond donors (Lipinski definition) is 2. The van der Waals surface area contributed by atoms with Gasteiger partial charge in [0.1, 0.15) is 18.6 Å². The number of rotatable bonds is 9. The molecule has 264 valence electrons. The van der Waals surface area contributed by atoms with Crippen LogP contribution in [0.3, 0.4) is 0 Å². The highest BCUT2D eigenvalue weighted by Gasteiger charge is 2.61. The van der Waals surface area contributed by atoms with E-state index in [4.69, 9.17) is 4.74 Å². The minimum absolute atomic E-state index is 0.00862. The number of aromatic hydroxyl groups is 1. The van der Waals surface area contributed by atoms with Crippen molar-refractivity contribution in [3.8, 4) is 5.75 Å². The zero-order valence-electron chi connectivity index (χ0n) is 27.7. The number of fused-ring (bicyclic) bond motifs is 1. The van der Waals surface area contributed by atoms with Crippen LogP contribution in [0.2, 0.25) is 0 Å². The Morgan fingerprint density at radius 3 is 2.51 bits per heavy atom. The van der Waals surface area contributed by atoms with Gasteiger partial charge in [-0.25, -0.2) is 9.97 Å². The maximum atomic E-state index is 14.1. The Kier molecular flexibility index (Phi) is 9.39. The first-order valence-electron chi connectivity index (χ1n) is 16.6. The summed E-state index contributed by atoms with van der Waals surface area (Å²) in [5.74, 6) is -0.757. The van der Waals surface area contributed by atoms with Crippen molar-refractivity contribution in [3.05, 3.63) is 45.7 Å². The molecule has 2 amide bonds. The van der Waals surface area contributed by atoms with Crippen molar-refractivity contribution in [3.63, 3.8) is 0 Å². The monoisotopic (exact) mass is 687 g/mol. The van der Waals surface area contributed by atoms with Gasteiger partial charge >= 0.3 is 6.18 Å². The van der Waals surface area contributed by atoms with Crippen molar-refractivity contribution in [2.45, 2.75) is 78.1 Å². The van der Waals surface area contributed by atoms with E-state index in [-0.39, 0.29) is 74.9 Å². The molecule has 3 aromatic rings. The second-order valence-corrected chi connectivity index (χ2v) is 12.9. The minimum Gasteiger partial charge on any atom is -0.504 e. The number of anilines is 1. The van der Waals surface area contributed by atoms with Crippen LogP contribution in [0.25, 0.3) is 11.4 Å². The Morgan fingerprint density at radius 1 is 1.14 bits per heavy atom. The first-order valence-corrected chi connectivity index (χ1v) is 16.6. The van der Waals surface area contributed by atoms with Crippen molar-refractivity contribution in [2.24, 2.45) is 5.41 Å². The summed E-state index contributed by atoms with van der Waals surface area (Å²) in [5, 5.41) is 17.7. The molecule has 0 unspecified atom stereocenters. The molecule has 49 heavy (non-hydrogen) atoms. The molecule has 0 bridgehead atoms. The van der Waals surface area contributed by atoms with Crippen molar-refractivity contribution >= 4 is 28.9 Å². The summed E-state index contributed by atoms with van der Waals surface area (Å²) in [6, 6.07) is -0.620. The zero-order valence-corrected chi connectivity index (χ0v) is 27.7. The molecule has 0 radical (unpaired) electrons. The number of carbonyl (C=O) groups is 2. The van der Waals surface area contributed by atoms with E-state index in [1.807, 2.05) is 17.9 Å². The van der Waals surface area contributed by atoms with Crippen molar-refractivity contribution in [1.29, 1.82) is 0 Å². The number of piperazine rings is 1. The number of alkyl halides is 3. The highest BCUT2D eigenvalue weighted by atomic mass is 19.4. The van der Waals surface area contributed by atoms with E-state index >= 15 is 0 Å². The third-order valence-electron chi connectivity index (χ3n) is 9.77. The molecule has 1 aliphatic carbocycles. The molecule has 2 fully saturated rings. The molecule has 2 aliphatic heterocycles. The molecule has 0 aromatic carbocycles. The standard InChI is InChI=1S/C32H40F3N9O5/c1-4-8-31(32(33,34)35)15-21(16-31)38-23(45)17-43-22(5-2)25(29(48)44-30(43)39-27(40-44)20-6-13-49-14-7-20)41-9-11-42(12-10-41)28(47)24-26(46)19(3)36-18-37-24/h6,18,21,46H,4-5,7-17H2,1-3H3,(H,38,45). The van der Waals surface area contributed by atoms with Crippen LogP contribution in [0.15, 0.2) is 17.2 Å². The Morgan fingerprint density at radius 2 is 1.88 bits per heavy atom. The third kappa shape index (κ3) is 6.35. The number of hydrogen-bond acceptors (Lipinski definition) is 10. The topological polar surface area (TPSA) is 160 Å². The lowest BCUT2D eigenvalue weighted by atomic mass is 9.62. The molecule has 17 heteroatoms. The summed E-state index contributed by atoms with van der Waals surface area (Å²) in [6.45, 7) is 6.66. The lowest BCUT2D eigenvalue weighted by Gasteiger charge is -2.48. The van der Waals surface area contributed by atoms with Gasteiger partial charge in [-0.05, 0) is 44.6 Å². The number of amides is 2. The highest BCUT2D eigenvalue weighted by Crippen LogP contribution is 2.56. The fourth-order valence-corrected chi connectivity index (χ4v) is 7.16. The summed E-state index contributed by atoms with van der Waals surface area (Å²) < 4.78 is 49.8. The number of aryl methyl sites for hydroxylation is 1. The van der Waals surface area contributed by atoms with Gasteiger partial charge in [0.2, 0.25) is 11.7 Å². The second kappa shape index (κ2) is 13.4. The first kappa shape index (κ1) is 34.3. The average molecular weight is 688 g/mol. The minimum atomic E-state index is -4.35. The van der Waals surface area contributed by atoms with E-state index in [0.717, 1.165) is 5.57 Å². The Hall–Kier alpha value is -4.54. The van der Waals surface area contributed by atoms with E-state index in [1.54, 1.807) is 18.4 Å².